The van der Waals surface area contributed by atoms with Crippen LogP contribution in [0.4, 0.5) is 13.2 Å². The Morgan fingerprint density at radius 2 is 2.06 bits per heavy atom. The van der Waals surface area contributed by atoms with Crippen LogP contribution in [-0.4, -0.2) is 9.97 Å². The molecule has 0 saturated carbocycles. The number of nitrogens with zero attached hydrogens (tertiary/aromatic N) is 2. The summed E-state index contributed by atoms with van der Waals surface area (Å²) >= 11 is 3.02. The van der Waals surface area contributed by atoms with Crippen molar-refractivity contribution in [3.8, 4) is 6.07 Å². The Morgan fingerprint density at radius 3 is 2.62 bits per heavy atom. The van der Waals surface area contributed by atoms with E-state index in [-0.39, 0.29) is 5.52 Å². The molecule has 1 heterocycles. The fourth-order valence-electron chi connectivity index (χ4n) is 1.35. The first-order valence-corrected chi connectivity index (χ1v) is 4.87. The molecule has 7 heteroatoms. The van der Waals surface area contributed by atoms with Crippen LogP contribution in [0.15, 0.2) is 16.9 Å². The average molecular weight is 290 g/mol. The lowest BCUT2D eigenvalue weighted by Crippen LogP contribution is -2.07. The molecule has 0 aliphatic heterocycles. The largest absolute Gasteiger partial charge is 0.417 e. The second kappa shape index (κ2) is 3.49. The van der Waals surface area contributed by atoms with Crippen LogP contribution in [0.25, 0.3) is 11.0 Å². The Bertz CT molecular complexity index is 594. The molecule has 0 bridgehead atoms. The van der Waals surface area contributed by atoms with Crippen LogP contribution in [0.2, 0.25) is 0 Å². The molecular formula is C9H3BrF3N3. The summed E-state index contributed by atoms with van der Waals surface area (Å²) in [6.07, 6.45) is -4.54. The Labute approximate surface area is 96.0 Å². The van der Waals surface area contributed by atoms with Crippen molar-refractivity contribution in [3.63, 3.8) is 0 Å². The lowest BCUT2D eigenvalue weighted by atomic mass is 10.1. The van der Waals surface area contributed by atoms with E-state index in [1.54, 1.807) is 0 Å². The number of imidazole rings is 1. The van der Waals surface area contributed by atoms with Crippen molar-refractivity contribution in [2.24, 2.45) is 0 Å². The number of aromatic nitrogens is 2. The van der Waals surface area contributed by atoms with Crippen LogP contribution in [-0.2, 0) is 6.18 Å². The summed E-state index contributed by atoms with van der Waals surface area (Å²) in [5, 5.41) is 8.65. The number of hydrogen-bond donors (Lipinski definition) is 1. The quantitative estimate of drug-likeness (QED) is 0.810. The maximum Gasteiger partial charge on any atom is 0.417 e. The summed E-state index contributed by atoms with van der Waals surface area (Å²) in [6.45, 7) is 0. The summed E-state index contributed by atoms with van der Waals surface area (Å²) in [5.74, 6) is 0. The molecule has 82 valence electrons. The van der Waals surface area contributed by atoms with Gasteiger partial charge in [0.05, 0.1) is 28.2 Å². The van der Waals surface area contributed by atoms with Gasteiger partial charge in [0.2, 0.25) is 0 Å². The molecule has 0 radical (unpaired) electrons. The first-order chi connectivity index (χ1) is 7.41. The first-order valence-electron chi connectivity index (χ1n) is 4.08. The number of benzene rings is 1. The van der Waals surface area contributed by atoms with Crippen LogP contribution >= 0.6 is 15.9 Å². The number of fused-ring (bicyclic) bond motifs is 1. The number of H-pyrrole nitrogens is 1. The summed E-state index contributed by atoms with van der Waals surface area (Å²) < 4.78 is 38.0. The van der Waals surface area contributed by atoms with Crippen molar-refractivity contribution in [2.45, 2.75) is 6.18 Å². The third kappa shape index (κ3) is 1.76. The molecule has 0 amide bonds. The molecule has 0 atom stereocenters. The molecule has 2 aromatic rings. The van der Waals surface area contributed by atoms with Crippen LogP contribution in [0.3, 0.4) is 0 Å². The topological polar surface area (TPSA) is 52.5 Å². The fourth-order valence-corrected chi connectivity index (χ4v) is 1.76. The Balaban J connectivity index is 2.78. The predicted octanol–water partition coefficient (Wildman–Crippen LogP) is 3.22. The average Bonchev–Trinajstić information content (AvgIpc) is 2.53. The molecule has 1 N–H and O–H groups in total. The van der Waals surface area contributed by atoms with E-state index in [2.05, 4.69) is 25.9 Å². The summed E-state index contributed by atoms with van der Waals surface area (Å²) in [7, 11) is 0. The van der Waals surface area contributed by atoms with Gasteiger partial charge in [0.25, 0.3) is 0 Å². The minimum absolute atomic E-state index is 0.234. The van der Waals surface area contributed by atoms with E-state index in [0.29, 0.717) is 10.3 Å². The zero-order valence-electron chi connectivity index (χ0n) is 7.56. The van der Waals surface area contributed by atoms with Gasteiger partial charge in [-0.05, 0) is 28.1 Å². The highest BCUT2D eigenvalue weighted by molar-refractivity contribution is 9.10. The number of alkyl halides is 3. The van der Waals surface area contributed by atoms with Crippen molar-refractivity contribution in [3.05, 3.63) is 28.0 Å². The minimum atomic E-state index is -4.54. The third-order valence-electron chi connectivity index (χ3n) is 2.02. The van der Waals surface area contributed by atoms with E-state index in [1.807, 2.05) is 0 Å². The molecule has 1 aromatic carbocycles. The highest BCUT2D eigenvalue weighted by atomic mass is 79.9. The zero-order valence-corrected chi connectivity index (χ0v) is 9.15. The molecule has 1 aromatic heterocycles. The number of rotatable bonds is 0. The van der Waals surface area contributed by atoms with Gasteiger partial charge in [-0.1, -0.05) is 0 Å². The van der Waals surface area contributed by atoms with Crippen molar-refractivity contribution < 1.29 is 13.2 Å². The number of nitriles is 1. The van der Waals surface area contributed by atoms with Crippen molar-refractivity contribution in [1.29, 1.82) is 5.26 Å². The predicted molar refractivity (Wildman–Crippen MR) is 53.5 cm³/mol. The maximum absolute atomic E-state index is 12.6. The molecule has 0 saturated heterocycles. The van der Waals surface area contributed by atoms with E-state index < -0.39 is 17.3 Å². The van der Waals surface area contributed by atoms with Crippen LogP contribution < -0.4 is 0 Å². The van der Waals surface area contributed by atoms with Crippen LogP contribution in [0, 0.1) is 11.3 Å². The molecule has 2 rings (SSSR count). The molecule has 16 heavy (non-hydrogen) atoms. The number of hydrogen-bond acceptors (Lipinski definition) is 2. The van der Waals surface area contributed by atoms with Gasteiger partial charge >= 0.3 is 6.18 Å². The summed E-state index contributed by atoms with van der Waals surface area (Å²) in [6, 6.07) is 3.51. The molecular weight excluding hydrogens is 287 g/mol. The molecule has 0 fully saturated rings. The Morgan fingerprint density at radius 1 is 1.38 bits per heavy atom. The first kappa shape index (κ1) is 11.0. The summed E-state index contributed by atoms with van der Waals surface area (Å²) in [4.78, 5) is 6.51. The molecule has 0 unspecified atom stereocenters. The second-order valence-corrected chi connectivity index (χ2v) is 3.80. The van der Waals surface area contributed by atoms with E-state index in [4.69, 9.17) is 5.26 Å². The number of aromatic amines is 1. The zero-order chi connectivity index (χ0) is 11.9. The van der Waals surface area contributed by atoms with E-state index in [1.165, 1.54) is 6.07 Å². The van der Waals surface area contributed by atoms with Gasteiger partial charge in [0.15, 0.2) is 4.73 Å². The molecule has 3 nitrogen and oxygen atoms in total. The Hall–Kier alpha value is -1.55. The fraction of sp³-hybridized carbons (Fsp3) is 0.111. The van der Waals surface area contributed by atoms with Gasteiger partial charge in [-0.2, -0.15) is 18.4 Å². The van der Waals surface area contributed by atoms with E-state index >= 15 is 0 Å². The third-order valence-corrected chi connectivity index (χ3v) is 2.39. The van der Waals surface area contributed by atoms with Crippen molar-refractivity contribution in [1.82, 2.24) is 9.97 Å². The minimum Gasteiger partial charge on any atom is -0.332 e. The van der Waals surface area contributed by atoms with Crippen LogP contribution in [0.1, 0.15) is 11.1 Å². The highest BCUT2D eigenvalue weighted by Gasteiger charge is 2.34. The smallest absolute Gasteiger partial charge is 0.332 e. The van der Waals surface area contributed by atoms with Gasteiger partial charge in [-0.3, -0.25) is 0 Å². The lowest BCUT2D eigenvalue weighted by Gasteiger charge is -2.07. The van der Waals surface area contributed by atoms with E-state index in [0.717, 1.165) is 12.1 Å². The standard InChI is InChI=1S/C9H3BrF3N3/c10-8-15-6-1-4(3-14)5(9(11,12)13)2-7(6)16-8/h1-2H,(H,15,16). The monoisotopic (exact) mass is 289 g/mol. The van der Waals surface area contributed by atoms with Crippen LogP contribution in [0.5, 0.6) is 0 Å². The SMILES string of the molecule is N#Cc1cc2nc(Br)[nH]c2cc1C(F)(F)F. The Kier molecular flexibility index (Phi) is 2.39. The second-order valence-electron chi connectivity index (χ2n) is 3.05. The van der Waals surface area contributed by atoms with Gasteiger partial charge in [-0.15, -0.1) is 0 Å². The van der Waals surface area contributed by atoms with Gasteiger partial charge < -0.3 is 4.98 Å². The highest BCUT2D eigenvalue weighted by Crippen LogP contribution is 2.34. The normalized spacial score (nSPS) is 11.7. The number of nitrogens with one attached hydrogen (secondary N) is 1. The van der Waals surface area contributed by atoms with Gasteiger partial charge in [0, 0.05) is 0 Å². The molecule has 0 aliphatic rings. The number of halogens is 4. The van der Waals surface area contributed by atoms with Gasteiger partial charge in [0.1, 0.15) is 0 Å². The maximum atomic E-state index is 12.6. The van der Waals surface area contributed by atoms with Gasteiger partial charge in [-0.25, -0.2) is 4.98 Å². The van der Waals surface area contributed by atoms with Crippen molar-refractivity contribution >= 4 is 27.0 Å². The summed E-state index contributed by atoms with van der Waals surface area (Å²) in [5.41, 5.74) is -0.840. The molecule has 0 aliphatic carbocycles. The van der Waals surface area contributed by atoms with E-state index in [9.17, 15) is 13.2 Å². The molecule has 0 spiro atoms. The lowest BCUT2D eigenvalue weighted by molar-refractivity contribution is -0.137. The van der Waals surface area contributed by atoms with Crippen molar-refractivity contribution in [2.75, 3.05) is 0 Å².